The van der Waals surface area contributed by atoms with E-state index in [1.165, 1.54) is 0 Å². The summed E-state index contributed by atoms with van der Waals surface area (Å²) in [4.78, 5) is 12.4. The summed E-state index contributed by atoms with van der Waals surface area (Å²) in [7, 11) is 0. The number of carbonyl (C=O) groups excluding carboxylic acids is 1. The summed E-state index contributed by atoms with van der Waals surface area (Å²) in [5.74, 6) is 0. The quantitative estimate of drug-likeness (QED) is 0.234. The Morgan fingerprint density at radius 2 is 1.25 bits per heavy atom. The van der Waals surface area contributed by atoms with Crippen molar-refractivity contribution in [2.75, 3.05) is 6.61 Å². The molecule has 40 heavy (non-hydrogen) atoms. The van der Waals surface area contributed by atoms with Gasteiger partial charge in [-0.2, -0.15) is 0 Å². The molecule has 8 heteroatoms. The average Bonchev–Trinajstić information content (AvgIpc) is 3.26. The Kier molecular flexibility index (Phi) is 13.5. The first-order chi connectivity index (χ1) is 18.9. The van der Waals surface area contributed by atoms with Crippen LogP contribution < -0.4 is 5.32 Å². The van der Waals surface area contributed by atoms with E-state index in [0.717, 1.165) is 16.7 Å². The topological polar surface area (TPSA) is 75.3 Å². The van der Waals surface area contributed by atoms with Crippen molar-refractivity contribution in [3.05, 3.63) is 114 Å². The SMILES string of the molecule is CC(C)(C)OC(=O)N[CH-][C@H]1O[C@@H](COCc2ccccc2)[C@@H](OCc2ccccc2)[C@@H]1OCc1ccccc1.[Th]. The maximum absolute atomic E-state index is 12.4. The second kappa shape index (κ2) is 16.5. The number of rotatable bonds is 12. The molecular weight excluding hydrogens is 726 g/mol. The summed E-state index contributed by atoms with van der Waals surface area (Å²) in [6.45, 7) is 8.55. The number of ether oxygens (including phenoxy) is 5. The minimum atomic E-state index is -0.618. The maximum atomic E-state index is 12.4. The summed E-state index contributed by atoms with van der Waals surface area (Å²) in [5.41, 5.74) is 2.53. The van der Waals surface area contributed by atoms with E-state index in [0.29, 0.717) is 26.4 Å². The van der Waals surface area contributed by atoms with E-state index >= 15 is 0 Å². The van der Waals surface area contributed by atoms with Crippen LogP contribution in [0.15, 0.2) is 91.0 Å². The van der Waals surface area contributed by atoms with Crippen LogP contribution in [0.5, 0.6) is 0 Å². The van der Waals surface area contributed by atoms with Gasteiger partial charge in [-0.3, -0.25) is 0 Å². The molecule has 1 N–H and O–H groups in total. The summed E-state index contributed by atoms with van der Waals surface area (Å²) in [6.07, 6.45) is -2.48. The molecule has 1 heterocycles. The molecule has 1 aliphatic rings. The van der Waals surface area contributed by atoms with Crippen molar-refractivity contribution >= 4 is 6.09 Å². The third-order valence-corrected chi connectivity index (χ3v) is 6.07. The van der Waals surface area contributed by atoms with Crippen molar-refractivity contribution < 1.29 is 68.4 Å². The first kappa shape index (κ1) is 32.6. The molecule has 0 aromatic heterocycles. The average molecular weight is 765 g/mol. The predicted octanol–water partition coefficient (Wildman–Crippen LogP) is 5.83. The van der Waals surface area contributed by atoms with E-state index in [1.807, 2.05) is 112 Å². The molecule has 3 aromatic rings. The van der Waals surface area contributed by atoms with Gasteiger partial charge in [-0.15, -0.1) is 0 Å². The smallest absolute Gasteiger partial charge is 0.378 e. The molecule has 1 saturated heterocycles. The number of benzene rings is 3. The molecule has 212 valence electrons. The van der Waals surface area contributed by atoms with Gasteiger partial charge in [-0.1, -0.05) is 91.0 Å². The molecule has 0 aliphatic carbocycles. The molecule has 4 rings (SSSR count). The maximum Gasteiger partial charge on any atom is 0.378 e. The molecule has 0 unspecified atom stereocenters. The van der Waals surface area contributed by atoms with Gasteiger partial charge in [0.1, 0.15) is 17.8 Å². The number of nitrogens with one attached hydrogen (secondary N) is 1. The molecular formula is C32H38NO6Th-. The fraction of sp³-hybridized carbons (Fsp3) is 0.375. The monoisotopic (exact) mass is 764 g/mol. The number of hydrogen-bond acceptors (Lipinski definition) is 6. The number of hydrogen-bond donors (Lipinski definition) is 1. The summed E-state index contributed by atoms with van der Waals surface area (Å²) in [5, 5.41) is 2.72. The normalized spacial score (nSPS) is 20.5. The molecule has 4 atom stereocenters. The molecule has 1 aliphatic heterocycles. The van der Waals surface area contributed by atoms with Crippen molar-refractivity contribution in [1.82, 2.24) is 5.32 Å². The van der Waals surface area contributed by atoms with Gasteiger partial charge < -0.3 is 29.0 Å². The van der Waals surface area contributed by atoms with Crippen molar-refractivity contribution in [1.29, 1.82) is 0 Å². The first-order valence-electron chi connectivity index (χ1n) is 13.3. The Hall–Kier alpha value is -1.91. The molecule has 3 aromatic carbocycles. The van der Waals surface area contributed by atoms with E-state index in [9.17, 15) is 4.79 Å². The first-order valence-corrected chi connectivity index (χ1v) is 13.3. The summed E-state index contributed by atoms with van der Waals surface area (Å²) < 4.78 is 30.7. The zero-order valence-corrected chi connectivity index (χ0v) is 27.4. The van der Waals surface area contributed by atoms with Gasteiger partial charge in [0.05, 0.1) is 32.5 Å². The van der Waals surface area contributed by atoms with E-state index in [-0.39, 0.29) is 39.9 Å². The third kappa shape index (κ3) is 10.8. The number of alkyl carbamates (subject to hydrolysis) is 1. The van der Waals surface area contributed by atoms with Gasteiger partial charge in [0.15, 0.2) is 0 Å². The third-order valence-electron chi connectivity index (χ3n) is 6.07. The van der Waals surface area contributed by atoms with E-state index in [1.54, 1.807) is 6.54 Å². The minimum absolute atomic E-state index is 0. The van der Waals surface area contributed by atoms with Crippen molar-refractivity contribution in [3.8, 4) is 0 Å². The Bertz CT molecular complexity index is 1130. The van der Waals surface area contributed by atoms with Crippen LogP contribution in [0.4, 0.5) is 4.79 Å². The van der Waals surface area contributed by atoms with Crippen LogP contribution in [-0.2, 0) is 43.5 Å². The molecule has 0 saturated carbocycles. The van der Waals surface area contributed by atoms with Crippen LogP contribution in [0, 0.1) is 46.5 Å². The van der Waals surface area contributed by atoms with Gasteiger partial charge in [0.25, 0.3) is 0 Å². The standard InChI is InChI=1S/C32H38NO6.Th/c1-32(2,3)39-31(34)33-19-27-29(36-21-25-15-9-5-10-16-25)30(37-22-26-17-11-6-12-18-26)28(38-27)23-35-20-24-13-7-4-8-14-24;/h4-19,27-30H,20-23H2,1-3H3,(H,33,34);/q-1;/t27-,28+,29-,30-;/m1./s1. The number of amides is 1. The van der Waals surface area contributed by atoms with Crippen molar-refractivity contribution in [2.45, 2.75) is 70.6 Å². The number of carbonyl (C=O) groups is 1. The van der Waals surface area contributed by atoms with Crippen LogP contribution in [0.1, 0.15) is 37.5 Å². The molecule has 1 fully saturated rings. The fourth-order valence-corrected chi connectivity index (χ4v) is 4.27. The molecule has 0 radical (unpaired) electrons. The van der Waals surface area contributed by atoms with Crippen LogP contribution in [-0.4, -0.2) is 42.7 Å². The largest absolute Gasteiger partial charge is 0.468 e. The second-order valence-electron chi connectivity index (χ2n) is 10.5. The Balaban J connectivity index is 0.00000441. The van der Waals surface area contributed by atoms with Gasteiger partial charge in [0.2, 0.25) is 0 Å². The minimum Gasteiger partial charge on any atom is -0.468 e. The predicted molar refractivity (Wildman–Crippen MR) is 148 cm³/mol. The van der Waals surface area contributed by atoms with E-state index < -0.39 is 36.1 Å². The van der Waals surface area contributed by atoms with Crippen LogP contribution in [0.3, 0.4) is 0 Å². The van der Waals surface area contributed by atoms with E-state index in [4.69, 9.17) is 23.7 Å². The Labute approximate surface area is 269 Å². The zero-order chi connectivity index (χ0) is 27.5. The van der Waals surface area contributed by atoms with E-state index in [2.05, 4.69) is 5.32 Å². The van der Waals surface area contributed by atoms with Crippen molar-refractivity contribution in [2.24, 2.45) is 0 Å². The zero-order valence-electron chi connectivity index (χ0n) is 23.3. The molecule has 1 amide bonds. The molecule has 0 spiro atoms. The Morgan fingerprint density at radius 3 is 1.75 bits per heavy atom. The summed E-state index contributed by atoms with van der Waals surface area (Å²) in [6, 6.07) is 29.9. The Morgan fingerprint density at radius 1 is 0.775 bits per heavy atom. The van der Waals surface area contributed by atoms with Gasteiger partial charge in [0, 0.05) is 39.9 Å². The fourth-order valence-electron chi connectivity index (χ4n) is 4.27. The molecule has 0 bridgehead atoms. The van der Waals surface area contributed by atoms with Crippen LogP contribution in [0.25, 0.3) is 0 Å². The summed E-state index contributed by atoms with van der Waals surface area (Å²) >= 11 is 0. The van der Waals surface area contributed by atoms with Gasteiger partial charge in [-0.25, -0.2) is 11.3 Å². The van der Waals surface area contributed by atoms with Crippen molar-refractivity contribution in [3.63, 3.8) is 0 Å². The van der Waals surface area contributed by atoms with Crippen LogP contribution >= 0.6 is 0 Å². The van der Waals surface area contributed by atoms with Gasteiger partial charge >= 0.3 is 6.09 Å². The molecule has 7 nitrogen and oxygen atoms in total. The van der Waals surface area contributed by atoms with Gasteiger partial charge in [-0.05, 0) is 43.6 Å². The van der Waals surface area contributed by atoms with Crippen LogP contribution in [0.2, 0.25) is 0 Å². The second-order valence-corrected chi connectivity index (χ2v) is 10.5.